The Bertz CT molecular complexity index is 421. The fraction of sp³-hybridized carbons (Fsp3) is 0.667. The van der Waals surface area contributed by atoms with E-state index >= 15 is 0 Å². The molecule has 1 fully saturated rings. The first-order valence-corrected chi connectivity index (χ1v) is 6.96. The first kappa shape index (κ1) is 13.5. The third kappa shape index (κ3) is 3.32. The van der Waals surface area contributed by atoms with Crippen LogP contribution in [0.4, 0.5) is 0 Å². The van der Waals surface area contributed by atoms with E-state index in [4.69, 9.17) is 5.11 Å². The summed E-state index contributed by atoms with van der Waals surface area (Å²) in [5, 5.41) is 9.08. The van der Waals surface area contributed by atoms with Gasteiger partial charge < -0.3 is 15.0 Å². The summed E-state index contributed by atoms with van der Waals surface area (Å²) in [6.45, 7) is 2.04. The maximum absolute atomic E-state index is 11.0. The van der Waals surface area contributed by atoms with Crippen molar-refractivity contribution < 1.29 is 9.90 Å². The minimum absolute atomic E-state index is 0.0310. The molecule has 2 heterocycles. The van der Waals surface area contributed by atoms with E-state index in [0.29, 0.717) is 5.92 Å². The molecule has 1 aromatic heterocycles. The molecule has 2 atom stereocenters. The number of halogens is 1. The molecule has 0 aliphatic carbocycles. The molecule has 0 radical (unpaired) electrons. The Labute approximate surface area is 115 Å². The lowest BCUT2D eigenvalue weighted by Gasteiger charge is -2.33. The summed E-state index contributed by atoms with van der Waals surface area (Å²) in [5.41, 5.74) is 0. The van der Waals surface area contributed by atoms with Crippen LogP contribution >= 0.6 is 15.9 Å². The fourth-order valence-corrected chi connectivity index (χ4v) is 3.02. The summed E-state index contributed by atoms with van der Waals surface area (Å²) in [6, 6.07) is 0. The molecular formula is C12H18BrN3O2. The van der Waals surface area contributed by atoms with Crippen LogP contribution in [0.15, 0.2) is 10.8 Å². The monoisotopic (exact) mass is 315 g/mol. The number of nitrogens with zero attached hydrogens (tertiary/aromatic N) is 2. The topological polar surface area (TPSA) is 69.2 Å². The molecule has 1 aliphatic rings. The van der Waals surface area contributed by atoms with Crippen LogP contribution in [-0.2, 0) is 4.79 Å². The van der Waals surface area contributed by atoms with Crippen molar-refractivity contribution in [3.05, 3.63) is 16.6 Å². The Balaban J connectivity index is 2.16. The molecule has 0 aromatic carbocycles. The highest BCUT2D eigenvalue weighted by Gasteiger charge is 2.30. The SMILES string of the molecule is CN1CCCC(C(CC(=O)O)c2ncc(Br)[nH]2)C1. The normalized spacial score (nSPS) is 22.9. The van der Waals surface area contributed by atoms with Gasteiger partial charge in [-0.1, -0.05) is 0 Å². The smallest absolute Gasteiger partial charge is 0.304 e. The predicted molar refractivity (Wildman–Crippen MR) is 71.5 cm³/mol. The number of aromatic amines is 1. The first-order chi connectivity index (χ1) is 8.56. The van der Waals surface area contributed by atoms with Crippen LogP contribution in [0.5, 0.6) is 0 Å². The average Bonchev–Trinajstić information content (AvgIpc) is 2.72. The summed E-state index contributed by atoms with van der Waals surface area (Å²) >= 11 is 3.33. The zero-order valence-electron chi connectivity index (χ0n) is 10.4. The van der Waals surface area contributed by atoms with Crippen LogP contribution in [0, 0.1) is 5.92 Å². The van der Waals surface area contributed by atoms with E-state index in [2.05, 4.69) is 37.8 Å². The number of imidazole rings is 1. The van der Waals surface area contributed by atoms with E-state index in [9.17, 15) is 4.79 Å². The molecule has 1 aliphatic heterocycles. The highest BCUT2D eigenvalue weighted by atomic mass is 79.9. The lowest BCUT2D eigenvalue weighted by Crippen LogP contribution is -2.36. The highest BCUT2D eigenvalue weighted by Crippen LogP contribution is 2.33. The van der Waals surface area contributed by atoms with Crippen molar-refractivity contribution in [3.8, 4) is 0 Å². The molecule has 2 unspecified atom stereocenters. The van der Waals surface area contributed by atoms with Gasteiger partial charge in [0.15, 0.2) is 0 Å². The van der Waals surface area contributed by atoms with Crippen LogP contribution < -0.4 is 0 Å². The van der Waals surface area contributed by atoms with Gasteiger partial charge in [-0.25, -0.2) is 4.98 Å². The number of hydrogen-bond acceptors (Lipinski definition) is 3. The highest BCUT2D eigenvalue weighted by molar-refractivity contribution is 9.10. The van der Waals surface area contributed by atoms with Gasteiger partial charge in [-0.15, -0.1) is 0 Å². The zero-order valence-corrected chi connectivity index (χ0v) is 12.0. The number of piperidine rings is 1. The molecule has 0 bridgehead atoms. The number of aromatic nitrogens is 2. The third-order valence-corrected chi connectivity index (χ3v) is 3.94. The number of carboxylic acid groups (broad SMARTS) is 1. The second kappa shape index (κ2) is 5.84. The molecule has 1 aromatic rings. The third-order valence-electron chi connectivity index (χ3n) is 3.54. The second-order valence-corrected chi connectivity index (χ2v) is 5.84. The van der Waals surface area contributed by atoms with Crippen LogP contribution in [0.1, 0.15) is 31.0 Å². The summed E-state index contributed by atoms with van der Waals surface area (Å²) in [6.07, 6.45) is 4.02. The van der Waals surface area contributed by atoms with Crippen molar-refractivity contribution in [2.75, 3.05) is 20.1 Å². The number of aliphatic carboxylic acids is 1. The molecule has 0 amide bonds. The minimum atomic E-state index is -0.763. The molecule has 0 saturated carbocycles. The Morgan fingerprint density at radius 1 is 1.78 bits per heavy atom. The standard InChI is InChI=1S/C12H18BrN3O2/c1-16-4-2-3-8(7-16)9(5-11(17)18)12-14-6-10(13)15-12/h6,8-9H,2-5,7H2,1H3,(H,14,15)(H,17,18). The van der Waals surface area contributed by atoms with Gasteiger partial charge in [-0.2, -0.15) is 0 Å². The van der Waals surface area contributed by atoms with E-state index < -0.39 is 5.97 Å². The molecule has 5 nitrogen and oxygen atoms in total. The lowest BCUT2D eigenvalue weighted by molar-refractivity contribution is -0.138. The molecule has 0 spiro atoms. The van der Waals surface area contributed by atoms with Gasteiger partial charge in [-0.3, -0.25) is 4.79 Å². The van der Waals surface area contributed by atoms with Crippen LogP contribution in [0.2, 0.25) is 0 Å². The molecule has 1 saturated heterocycles. The van der Waals surface area contributed by atoms with Crippen LogP contribution in [-0.4, -0.2) is 46.1 Å². The average molecular weight is 316 g/mol. The molecule has 6 heteroatoms. The van der Waals surface area contributed by atoms with Gasteiger partial charge in [0, 0.05) is 12.5 Å². The summed E-state index contributed by atoms with van der Waals surface area (Å²) < 4.78 is 0.803. The van der Waals surface area contributed by atoms with Crippen LogP contribution in [0.3, 0.4) is 0 Å². The number of rotatable bonds is 4. The maximum Gasteiger partial charge on any atom is 0.304 e. The molecular weight excluding hydrogens is 298 g/mol. The van der Waals surface area contributed by atoms with Crippen LogP contribution in [0.25, 0.3) is 0 Å². The number of hydrogen-bond donors (Lipinski definition) is 2. The Kier molecular flexibility index (Phi) is 4.40. The zero-order chi connectivity index (χ0) is 13.1. The Morgan fingerprint density at radius 3 is 3.11 bits per heavy atom. The molecule has 2 N–H and O–H groups in total. The van der Waals surface area contributed by atoms with E-state index in [0.717, 1.165) is 36.4 Å². The van der Waals surface area contributed by atoms with Gasteiger partial charge in [-0.05, 0) is 48.3 Å². The maximum atomic E-state index is 11.0. The molecule has 100 valence electrons. The summed E-state index contributed by atoms with van der Waals surface area (Å²) in [4.78, 5) is 20.7. The summed E-state index contributed by atoms with van der Waals surface area (Å²) in [7, 11) is 2.09. The lowest BCUT2D eigenvalue weighted by atomic mass is 9.83. The minimum Gasteiger partial charge on any atom is -0.481 e. The van der Waals surface area contributed by atoms with Crippen molar-refractivity contribution in [1.82, 2.24) is 14.9 Å². The van der Waals surface area contributed by atoms with E-state index in [1.165, 1.54) is 0 Å². The number of carboxylic acids is 1. The van der Waals surface area contributed by atoms with E-state index in [1.54, 1.807) is 6.20 Å². The van der Waals surface area contributed by atoms with Crippen molar-refractivity contribution in [3.63, 3.8) is 0 Å². The number of likely N-dealkylation sites (tertiary alicyclic amines) is 1. The number of nitrogens with one attached hydrogen (secondary N) is 1. The number of H-pyrrole nitrogens is 1. The molecule has 2 rings (SSSR count). The second-order valence-electron chi connectivity index (χ2n) is 4.99. The van der Waals surface area contributed by atoms with E-state index in [1.807, 2.05) is 0 Å². The van der Waals surface area contributed by atoms with Gasteiger partial charge in [0.2, 0.25) is 0 Å². The van der Waals surface area contributed by atoms with Crippen molar-refractivity contribution in [2.45, 2.75) is 25.2 Å². The largest absolute Gasteiger partial charge is 0.481 e. The number of carbonyl (C=O) groups is 1. The van der Waals surface area contributed by atoms with Crippen molar-refractivity contribution in [1.29, 1.82) is 0 Å². The first-order valence-electron chi connectivity index (χ1n) is 6.17. The van der Waals surface area contributed by atoms with Gasteiger partial charge in [0.25, 0.3) is 0 Å². The van der Waals surface area contributed by atoms with Gasteiger partial charge in [0.1, 0.15) is 10.4 Å². The summed E-state index contributed by atoms with van der Waals surface area (Å²) in [5.74, 6) is 0.347. The Hall–Kier alpha value is -0.880. The quantitative estimate of drug-likeness (QED) is 0.892. The van der Waals surface area contributed by atoms with Crippen molar-refractivity contribution in [2.24, 2.45) is 5.92 Å². The molecule has 18 heavy (non-hydrogen) atoms. The van der Waals surface area contributed by atoms with Gasteiger partial charge >= 0.3 is 5.97 Å². The Morgan fingerprint density at radius 2 is 2.56 bits per heavy atom. The van der Waals surface area contributed by atoms with Gasteiger partial charge in [0.05, 0.1) is 12.6 Å². The van der Waals surface area contributed by atoms with E-state index in [-0.39, 0.29) is 12.3 Å². The van der Waals surface area contributed by atoms with Crippen molar-refractivity contribution >= 4 is 21.9 Å². The fourth-order valence-electron chi connectivity index (χ4n) is 2.71. The predicted octanol–water partition coefficient (Wildman–Crippen LogP) is 2.07.